The summed E-state index contributed by atoms with van der Waals surface area (Å²) in [5.41, 5.74) is 7.90. The monoisotopic (exact) mass is 200 g/mol. The Morgan fingerprint density at radius 1 is 1.20 bits per heavy atom. The van der Waals surface area contributed by atoms with Gasteiger partial charge in [-0.15, -0.1) is 0 Å². The normalized spacial score (nSPS) is 11.9. The van der Waals surface area contributed by atoms with Crippen molar-refractivity contribution in [1.29, 1.82) is 0 Å². The summed E-state index contributed by atoms with van der Waals surface area (Å²) in [6, 6.07) is 8.00. The molecule has 1 aromatic carbocycles. The molecular formula is C13H16N2. The van der Waals surface area contributed by atoms with Crippen molar-refractivity contribution in [3.8, 4) is 0 Å². The molecule has 0 bridgehead atoms. The number of rotatable bonds is 0. The molecule has 1 aromatic heterocycles. The molecule has 0 atom stereocenters. The van der Waals surface area contributed by atoms with Gasteiger partial charge in [-0.25, -0.2) is 0 Å². The van der Waals surface area contributed by atoms with Crippen LogP contribution in [0.5, 0.6) is 0 Å². The SMILES string of the molecule is CC(C)(C)c1cc2c(N)cccc2cn1. The number of nitrogens with two attached hydrogens (primary N) is 1. The van der Waals surface area contributed by atoms with Crippen LogP contribution in [0.15, 0.2) is 30.5 Å². The first-order valence-corrected chi connectivity index (χ1v) is 5.13. The van der Waals surface area contributed by atoms with E-state index in [-0.39, 0.29) is 5.41 Å². The standard InChI is InChI=1S/C13H16N2/c1-13(2,3)12-7-10-9(8-15-12)5-4-6-11(10)14/h4-8H,14H2,1-3H3. The van der Waals surface area contributed by atoms with Crippen molar-refractivity contribution in [1.82, 2.24) is 4.98 Å². The van der Waals surface area contributed by atoms with Crippen LogP contribution in [0.4, 0.5) is 5.69 Å². The third-order valence-corrected chi connectivity index (χ3v) is 2.57. The zero-order chi connectivity index (χ0) is 11.1. The van der Waals surface area contributed by atoms with Crippen molar-refractivity contribution in [2.45, 2.75) is 26.2 Å². The lowest BCUT2D eigenvalue weighted by molar-refractivity contribution is 0.570. The van der Waals surface area contributed by atoms with Crippen LogP contribution in [0, 0.1) is 0 Å². The average Bonchev–Trinajstić information content (AvgIpc) is 2.16. The van der Waals surface area contributed by atoms with Gasteiger partial charge < -0.3 is 5.73 Å². The van der Waals surface area contributed by atoms with Gasteiger partial charge in [-0.1, -0.05) is 32.9 Å². The molecule has 0 aliphatic rings. The zero-order valence-electron chi connectivity index (χ0n) is 9.41. The fraction of sp³-hybridized carbons (Fsp3) is 0.308. The minimum Gasteiger partial charge on any atom is -0.398 e. The summed E-state index contributed by atoms with van der Waals surface area (Å²) in [4.78, 5) is 4.46. The minimum absolute atomic E-state index is 0.0659. The number of aromatic nitrogens is 1. The number of hydrogen-bond acceptors (Lipinski definition) is 2. The molecule has 0 amide bonds. The quantitative estimate of drug-likeness (QED) is 0.663. The summed E-state index contributed by atoms with van der Waals surface area (Å²) in [5.74, 6) is 0. The van der Waals surface area contributed by atoms with E-state index in [4.69, 9.17) is 5.73 Å². The van der Waals surface area contributed by atoms with Crippen molar-refractivity contribution in [3.63, 3.8) is 0 Å². The molecule has 2 N–H and O–H groups in total. The Morgan fingerprint density at radius 2 is 1.93 bits per heavy atom. The molecule has 2 nitrogen and oxygen atoms in total. The molecule has 78 valence electrons. The number of hydrogen-bond donors (Lipinski definition) is 1. The van der Waals surface area contributed by atoms with Gasteiger partial charge in [0.15, 0.2) is 0 Å². The van der Waals surface area contributed by atoms with Crippen LogP contribution in [0.2, 0.25) is 0 Å². The molecule has 0 saturated heterocycles. The van der Waals surface area contributed by atoms with Crippen molar-refractivity contribution in [3.05, 3.63) is 36.2 Å². The second kappa shape index (κ2) is 3.23. The molecule has 0 spiro atoms. The summed E-state index contributed by atoms with van der Waals surface area (Å²) in [7, 11) is 0. The predicted molar refractivity (Wildman–Crippen MR) is 64.9 cm³/mol. The van der Waals surface area contributed by atoms with E-state index >= 15 is 0 Å². The van der Waals surface area contributed by atoms with Gasteiger partial charge in [0.1, 0.15) is 0 Å². The van der Waals surface area contributed by atoms with Gasteiger partial charge in [0.05, 0.1) is 0 Å². The lowest BCUT2D eigenvalue weighted by Gasteiger charge is -2.18. The second-order valence-electron chi connectivity index (χ2n) is 4.89. The molecule has 2 rings (SSSR count). The minimum atomic E-state index is 0.0659. The van der Waals surface area contributed by atoms with Crippen molar-refractivity contribution in [2.24, 2.45) is 0 Å². The van der Waals surface area contributed by atoms with Crippen molar-refractivity contribution >= 4 is 16.5 Å². The topological polar surface area (TPSA) is 38.9 Å². The van der Waals surface area contributed by atoms with Crippen LogP contribution in [0.25, 0.3) is 10.8 Å². The molecule has 0 fully saturated rings. The van der Waals surface area contributed by atoms with Crippen LogP contribution in [0.1, 0.15) is 26.5 Å². The van der Waals surface area contributed by atoms with E-state index < -0.39 is 0 Å². The lowest BCUT2D eigenvalue weighted by atomic mass is 9.90. The van der Waals surface area contributed by atoms with Crippen LogP contribution < -0.4 is 5.73 Å². The number of anilines is 1. The third kappa shape index (κ3) is 1.80. The number of nitrogen functional groups attached to an aromatic ring is 1. The molecule has 0 radical (unpaired) electrons. The Bertz CT molecular complexity index is 495. The smallest absolute Gasteiger partial charge is 0.0464 e. The predicted octanol–water partition coefficient (Wildman–Crippen LogP) is 3.11. The number of nitrogens with zero attached hydrogens (tertiary/aromatic N) is 1. The first-order valence-electron chi connectivity index (χ1n) is 5.13. The van der Waals surface area contributed by atoms with Gasteiger partial charge in [-0.2, -0.15) is 0 Å². The first kappa shape index (κ1) is 9.97. The Labute approximate surface area is 90.1 Å². The van der Waals surface area contributed by atoms with Gasteiger partial charge in [0.25, 0.3) is 0 Å². The Balaban J connectivity index is 2.70. The highest BCUT2D eigenvalue weighted by atomic mass is 14.7. The van der Waals surface area contributed by atoms with Crippen LogP contribution >= 0.6 is 0 Å². The fourth-order valence-corrected chi connectivity index (χ4v) is 1.60. The maximum atomic E-state index is 5.94. The molecule has 15 heavy (non-hydrogen) atoms. The van der Waals surface area contributed by atoms with E-state index in [1.807, 2.05) is 24.4 Å². The Kier molecular flexibility index (Phi) is 2.14. The number of benzene rings is 1. The van der Waals surface area contributed by atoms with E-state index in [2.05, 4.69) is 31.8 Å². The summed E-state index contributed by atoms with van der Waals surface area (Å²) >= 11 is 0. The van der Waals surface area contributed by atoms with Gasteiger partial charge in [0, 0.05) is 33.8 Å². The molecule has 0 aliphatic heterocycles. The Hall–Kier alpha value is -1.57. The fourth-order valence-electron chi connectivity index (χ4n) is 1.60. The highest BCUT2D eigenvalue weighted by molar-refractivity contribution is 5.92. The molecule has 2 aromatic rings. The maximum absolute atomic E-state index is 5.94. The van der Waals surface area contributed by atoms with Crippen LogP contribution in [-0.4, -0.2) is 4.98 Å². The van der Waals surface area contributed by atoms with E-state index in [0.717, 1.165) is 22.2 Å². The summed E-state index contributed by atoms with van der Waals surface area (Å²) < 4.78 is 0. The number of pyridine rings is 1. The van der Waals surface area contributed by atoms with Gasteiger partial charge >= 0.3 is 0 Å². The highest BCUT2D eigenvalue weighted by Crippen LogP contribution is 2.26. The van der Waals surface area contributed by atoms with Crippen molar-refractivity contribution in [2.75, 3.05) is 5.73 Å². The van der Waals surface area contributed by atoms with E-state index in [1.165, 1.54) is 0 Å². The largest absolute Gasteiger partial charge is 0.398 e. The molecule has 0 aliphatic carbocycles. The summed E-state index contributed by atoms with van der Waals surface area (Å²) in [6.45, 7) is 6.46. The lowest BCUT2D eigenvalue weighted by Crippen LogP contribution is -2.13. The van der Waals surface area contributed by atoms with Gasteiger partial charge in [-0.05, 0) is 12.1 Å². The van der Waals surface area contributed by atoms with Crippen LogP contribution in [0.3, 0.4) is 0 Å². The summed E-state index contributed by atoms with van der Waals surface area (Å²) in [5, 5.41) is 2.19. The van der Waals surface area contributed by atoms with Gasteiger partial charge in [0.2, 0.25) is 0 Å². The molecule has 0 saturated carbocycles. The average molecular weight is 200 g/mol. The van der Waals surface area contributed by atoms with Crippen molar-refractivity contribution < 1.29 is 0 Å². The van der Waals surface area contributed by atoms with Gasteiger partial charge in [-0.3, -0.25) is 4.98 Å². The molecule has 0 unspecified atom stereocenters. The highest BCUT2D eigenvalue weighted by Gasteiger charge is 2.15. The maximum Gasteiger partial charge on any atom is 0.0464 e. The van der Waals surface area contributed by atoms with E-state index in [0.29, 0.717) is 0 Å². The van der Waals surface area contributed by atoms with E-state index in [1.54, 1.807) is 0 Å². The zero-order valence-corrected chi connectivity index (χ0v) is 9.41. The molecule has 2 heteroatoms. The molecular weight excluding hydrogens is 184 g/mol. The third-order valence-electron chi connectivity index (χ3n) is 2.57. The summed E-state index contributed by atoms with van der Waals surface area (Å²) in [6.07, 6.45) is 1.90. The molecule has 1 heterocycles. The first-order chi connectivity index (χ1) is 6.98. The van der Waals surface area contributed by atoms with E-state index in [9.17, 15) is 0 Å². The van der Waals surface area contributed by atoms with Crippen LogP contribution in [-0.2, 0) is 5.41 Å². The Morgan fingerprint density at radius 3 is 2.60 bits per heavy atom. The number of fused-ring (bicyclic) bond motifs is 1. The second-order valence-corrected chi connectivity index (χ2v) is 4.89.